The van der Waals surface area contributed by atoms with E-state index < -0.39 is 21.1 Å². The Kier molecular flexibility index (Phi) is 3.88. The van der Waals surface area contributed by atoms with E-state index in [0.717, 1.165) is 47.9 Å². The average molecular weight is 315 g/mol. The molecule has 0 bridgehead atoms. The first-order valence-electron chi connectivity index (χ1n) is 5.53. The van der Waals surface area contributed by atoms with Crippen molar-refractivity contribution >= 4 is 33.0 Å². The Morgan fingerprint density at radius 2 is 1.40 bits per heavy atom. The third-order valence-electron chi connectivity index (χ3n) is 2.95. The van der Waals surface area contributed by atoms with E-state index in [0.29, 0.717) is 11.8 Å². The first kappa shape index (κ1) is 11.2. The van der Waals surface area contributed by atoms with Crippen molar-refractivity contribution in [1.29, 1.82) is 0 Å². The van der Waals surface area contributed by atoms with E-state index in [9.17, 15) is 9.59 Å². The Labute approximate surface area is 100 Å². The molecule has 4 nitrogen and oxygen atoms in total. The zero-order chi connectivity index (χ0) is 10.7. The summed E-state index contributed by atoms with van der Waals surface area (Å²) < 4.78 is 1.98. The predicted molar refractivity (Wildman–Crippen MR) is 57.4 cm³/mol. The quantitative estimate of drug-likeness (QED) is 0.677. The summed E-state index contributed by atoms with van der Waals surface area (Å²) in [5.41, 5.74) is 0. The predicted octanol–water partition coefficient (Wildman–Crippen LogP) is -0.150. The first-order chi connectivity index (χ1) is 7.27. The number of carbonyl (C=O) groups is 2. The summed E-state index contributed by atoms with van der Waals surface area (Å²) in [5.74, 6) is 0.646. The summed E-state index contributed by atoms with van der Waals surface area (Å²) in [4.78, 5) is 26.7. The number of hydrogen-bond acceptors (Lipinski definition) is 2. The molecule has 0 aromatic carbocycles. The van der Waals surface area contributed by atoms with E-state index in [1.807, 2.05) is 9.80 Å². The van der Waals surface area contributed by atoms with Gasteiger partial charge in [0.15, 0.2) is 0 Å². The second-order valence-corrected chi connectivity index (χ2v) is 7.32. The molecule has 0 saturated carbocycles. The normalized spacial score (nSPS) is 21.6. The molecular weight excluding hydrogens is 299 g/mol. The molecule has 0 aromatic heterocycles. The van der Waals surface area contributed by atoms with Crippen LogP contribution in [0, 0.1) is 0 Å². The van der Waals surface area contributed by atoms with E-state index in [2.05, 4.69) is 0 Å². The molecule has 0 aromatic rings. The summed E-state index contributed by atoms with van der Waals surface area (Å²) in [6, 6.07) is 0. The van der Waals surface area contributed by atoms with Gasteiger partial charge in [0.1, 0.15) is 0 Å². The minimum absolute atomic E-state index is 0.323. The van der Waals surface area contributed by atoms with Gasteiger partial charge >= 0.3 is 100 Å². The van der Waals surface area contributed by atoms with Gasteiger partial charge in [0.25, 0.3) is 0 Å². The van der Waals surface area contributed by atoms with Crippen LogP contribution >= 0.6 is 0 Å². The van der Waals surface area contributed by atoms with Crippen molar-refractivity contribution in [2.45, 2.75) is 25.7 Å². The SMILES string of the molecule is O=C1CCCN1[CH2][Sn+][CH2]N1CCCC1=O. The Hall–Kier alpha value is -0.261. The molecule has 1 radical (unpaired) electrons. The van der Waals surface area contributed by atoms with Crippen LogP contribution in [0.25, 0.3) is 0 Å². The molecule has 2 heterocycles. The van der Waals surface area contributed by atoms with Crippen LogP contribution in [0.15, 0.2) is 0 Å². The van der Waals surface area contributed by atoms with E-state index >= 15 is 0 Å². The standard InChI is InChI=1S/2C5H8NO.Sn/c2*1-6-4-2-3-5(6)7;/h2*1-4H2;/q;;+1. The third-order valence-corrected chi connectivity index (χ3v) is 6.40. The van der Waals surface area contributed by atoms with E-state index in [1.165, 1.54) is 0 Å². The van der Waals surface area contributed by atoms with Crippen LogP contribution < -0.4 is 0 Å². The van der Waals surface area contributed by atoms with Gasteiger partial charge in [-0.2, -0.15) is 0 Å². The Morgan fingerprint density at radius 3 is 1.73 bits per heavy atom. The molecule has 0 spiro atoms. The first-order valence-corrected chi connectivity index (χ1v) is 9.57. The second kappa shape index (κ2) is 5.18. The van der Waals surface area contributed by atoms with Crippen molar-refractivity contribution in [2.75, 3.05) is 22.2 Å². The fourth-order valence-electron chi connectivity index (χ4n) is 2.06. The van der Waals surface area contributed by atoms with Crippen molar-refractivity contribution < 1.29 is 9.59 Å². The fraction of sp³-hybridized carbons (Fsp3) is 0.800. The molecule has 0 aliphatic carbocycles. The average Bonchev–Trinajstić information content (AvgIpc) is 2.78. The third kappa shape index (κ3) is 2.86. The molecule has 0 atom stereocenters. The maximum absolute atomic E-state index is 11.3. The Morgan fingerprint density at radius 1 is 0.933 bits per heavy atom. The van der Waals surface area contributed by atoms with Crippen LogP contribution in [0.1, 0.15) is 25.7 Å². The Balaban J connectivity index is 1.66. The fourth-order valence-corrected chi connectivity index (χ4v) is 5.80. The zero-order valence-electron chi connectivity index (χ0n) is 8.87. The summed E-state index contributed by atoms with van der Waals surface area (Å²) in [6.45, 7) is 1.90. The van der Waals surface area contributed by atoms with Gasteiger partial charge in [-0.15, -0.1) is 0 Å². The number of carbonyl (C=O) groups excluding carboxylic acids is 2. The summed E-state index contributed by atoms with van der Waals surface area (Å²) in [6.07, 6.45) is 3.53. The van der Waals surface area contributed by atoms with Gasteiger partial charge in [-0.25, -0.2) is 0 Å². The molecule has 2 aliphatic rings. The molecule has 2 saturated heterocycles. The van der Waals surface area contributed by atoms with Crippen molar-refractivity contribution in [3.8, 4) is 0 Å². The van der Waals surface area contributed by atoms with Gasteiger partial charge in [-0.1, -0.05) is 0 Å². The number of hydrogen-bond donors (Lipinski definition) is 0. The van der Waals surface area contributed by atoms with Gasteiger partial charge < -0.3 is 0 Å². The monoisotopic (exact) mass is 316 g/mol. The van der Waals surface area contributed by atoms with Gasteiger partial charge in [-0.05, 0) is 0 Å². The van der Waals surface area contributed by atoms with Gasteiger partial charge in [0.2, 0.25) is 0 Å². The van der Waals surface area contributed by atoms with Gasteiger partial charge in [0.05, 0.1) is 0 Å². The van der Waals surface area contributed by atoms with Crippen molar-refractivity contribution in [3.05, 3.63) is 0 Å². The van der Waals surface area contributed by atoms with Gasteiger partial charge in [-0.3, -0.25) is 0 Å². The topological polar surface area (TPSA) is 40.6 Å². The molecule has 0 unspecified atom stereocenters. The molecular formula is C10H16N2O2Sn+. The molecule has 2 aliphatic heterocycles. The van der Waals surface area contributed by atoms with Crippen molar-refractivity contribution in [2.24, 2.45) is 0 Å². The van der Waals surface area contributed by atoms with E-state index in [1.54, 1.807) is 0 Å². The molecule has 5 heteroatoms. The Bertz CT molecular complexity index is 244. The van der Waals surface area contributed by atoms with Crippen LogP contribution in [0.5, 0.6) is 0 Å². The van der Waals surface area contributed by atoms with Crippen LogP contribution in [0.2, 0.25) is 0 Å². The number of likely N-dealkylation sites (tertiary alicyclic amines) is 2. The van der Waals surface area contributed by atoms with Gasteiger partial charge in [0, 0.05) is 0 Å². The molecule has 81 valence electrons. The van der Waals surface area contributed by atoms with Crippen LogP contribution in [0.3, 0.4) is 0 Å². The van der Waals surface area contributed by atoms with Crippen molar-refractivity contribution in [3.63, 3.8) is 0 Å². The molecule has 15 heavy (non-hydrogen) atoms. The molecule has 2 fully saturated rings. The minimum atomic E-state index is -0.576. The summed E-state index contributed by atoms with van der Waals surface area (Å²) in [7, 11) is 0. The van der Waals surface area contributed by atoms with Crippen LogP contribution in [0.4, 0.5) is 0 Å². The summed E-state index contributed by atoms with van der Waals surface area (Å²) >= 11 is -0.576. The number of amides is 2. The van der Waals surface area contributed by atoms with Crippen LogP contribution in [-0.4, -0.2) is 65.0 Å². The molecule has 2 amide bonds. The van der Waals surface area contributed by atoms with Crippen LogP contribution in [-0.2, 0) is 9.59 Å². The number of nitrogens with zero attached hydrogens (tertiary/aromatic N) is 2. The number of rotatable bonds is 4. The molecule has 0 N–H and O–H groups in total. The summed E-state index contributed by atoms with van der Waals surface area (Å²) in [5, 5.41) is 0. The maximum atomic E-state index is 11.3. The second-order valence-electron chi connectivity index (χ2n) is 4.09. The van der Waals surface area contributed by atoms with Crippen molar-refractivity contribution in [1.82, 2.24) is 9.80 Å². The van der Waals surface area contributed by atoms with E-state index in [4.69, 9.17) is 0 Å². The molecule has 2 rings (SSSR count). The van der Waals surface area contributed by atoms with E-state index in [-0.39, 0.29) is 0 Å². The zero-order valence-corrected chi connectivity index (χ0v) is 11.7.